The largest absolute Gasteiger partial charge is 0.510 e. The van der Waals surface area contributed by atoms with E-state index in [1.807, 2.05) is 13.8 Å². The van der Waals surface area contributed by atoms with Gasteiger partial charge in [0, 0.05) is 0 Å². The first-order valence-corrected chi connectivity index (χ1v) is 4.55. The van der Waals surface area contributed by atoms with Gasteiger partial charge in [0.25, 0.3) is 0 Å². The molecule has 0 bridgehead atoms. The molecule has 0 aliphatic rings. The van der Waals surface area contributed by atoms with Gasteiger partial charge in [0.05, 0.1) is 6.61 Å². The van der Waals surface area contributed by atoms with Gasteiger partial charge in [-0.3, -0.25) is 9.42 Å². The van der Waals surface area contributed by atoms with Crippen LogP contribution in [0.2, 0.25) is 0 Å². The van der Waals surface area contributed by atoms with Crippen molar-refractivity contribution in [1.29, 1.82) is 0 Å². The Morgan fingerprint density at radius 1 is 1.70 bits per heavy atom. The fraction of sp³-hybridized carbons (Fsp3) is 1.00. The molecule has 0 saturated heterocycles. The maximum absolute atomic E-state index is 11.7. The molecule has 0 spiro atoms. The van der Waals surface area contributed by atoms with E-state index in [0.717, 1.165) is 0 Å². The third-order valence-corrected chi connectivity index (χ3v) is 1.45. The first-order valence-electron chi connectivity index (χ1n) is 3.09. The molecule has 10 heavy (non-hydrogen) atoms. The van der Waals surface area contributed by atoms with Crippen LogP contribution >= 0.6 is 7.91 Å². The molecule has 1 unspecified atom stereocenters. The van der Waals surface area contributed by atoms with Crippen LogP contribution in [0, 0.1) is 5.92 Å². The fourth-order valence-electron chi connectivity index (χ4n) is 0.401. The van der Waals surface area contributed by atoms with Gasteiger partial charge in [-0.25, -0.2) is 4.57 Å². The Hall–Kier alpha value is 0.0800. The Labute approximate surface area is 59.9 Å². The van der Waals surface area contributed by atoms with Crippen molar-refractivity contribution in [3.05, 3.63) is 0 Å². The highest BCUT2D eigenvalue weighted by molar-refractivity contribution is 7.46. The van der Waals surface area contributed by atoms with Gasteiger partial charge in [-0.1, -0.05) is 13.8 Å². The SMILES string of the molecule is CC(C)CCOP(=O)(O)F. The van der Waals surface area contributed by atoms with E-state index in [1.165, 1.54) is 0 Å². The molecule has 0 rings (SSSR count). The normalized spacial score (nSPS) is 17.3. The van der Waals surface area contributed by atoms with E-state index in [9.17, 15) is 8.76 Å². The maximum atomic E-state index is 11.7. The lowest BCUT2D eigenvalue weighted by Gasteiger charge is -2.04. The number of rotatable bonds is 4. The minimum absolute atomic E-state index is 0.00193. The molecule has 0 aromatic rings. The lowest BCUT2D eigenvalue weighted by molar-refractivity contribution is 0.214. The van der Waals surface area contributed by atoms with Gasteiger partial charge >= 0.3 is 7.91 Å². The van der Waals surface area contributed by atoms with Gasteiger partial charge in [-0.15, -0.1) is 4.20 Å². The molecule has 0 heterocycles. The van der Waals surface area contributed by atoms with Crippen LogP contribution in [0.3, 0.4) is 0 Å². The van der Waals surface area contributed by atoms with Crippen LogP contribution in [0.15, 0.2) is 0 Å². The van der Waals surface area contributed by atoms with Gasteiger partial charge in [-0.2, -0.15) is 0 Å². The molecule has 0 amide bonds. The molecular formula is C5H12FO3P. The first kappa shape index (κ1) is 10.1. The minimum atomic E-state index is -4.72. The topological polar surface area (TPSA) is 46.5 Å². The Kier molecular flexibility index (Phi) is 4.09. The summed E-state index contributed by atoms with van der Waals surface area (Å²) in [5.74, 6) is 0.353. The van der Waals surface area contributed by atoms with Crippen molar-refractivity contribution in [3.8, 4) is 0 Å². The van der Waals surface area contributed by atoms with Crippen LogP contribution in [0.4, 0.5) is 4.20 Å². The fourth-order valence-corrected chi connectivity index (χ4v) is 0.732. The second-order valence-electron chi connectivity index (χ2n) is 2.47. The van der Waals surface area contributed by atoms with Crippen molar-refractivity contribution in [2.24, 2.45) is 5.92 Å². The zero-order valence-corrected chi connectivity index (χ0v) is 6.97. The Bertz CT molecular complexity index is 131. The average molecular weight is 170 g/mol. The summed E-state index contributed by atoms with van der Waals surface area (Å²) < 4.78 is 25.6. The summed E-state index contributed by atoms with van der Waals surface area (Å²) in [6.07, 6.45) is 0.592. The second-order valence-corrected chi connectivity index (χ2v) is 3.63. The molecular weight excluding hydrogens is 158 g/mol. The summed E-state index contributed by atoms with van der Waals surface area (Å²) in [5, 5.41) is 0. The van der Waals surface area contributed by atoms with Crippen LogP contribution in [0.25, 0.3) is 0 Å². The van der Waals surface area contributed by atoms with E-state index in [0.29, 0.717) is 12.3 Å². The molecule has 0 aromatic carbocycles. The zero-order chi connectivity index (χ0) is 8.20. The Balaban J connectivity index is 3.30. The second kappa shape index (κ2) is 4.06. The van der Waals surface area contributed by atoms with E-state index in [2.05, 4.69) is 4.52 Å². The van der Waals surface area contributed by atoms with Crippen LogP contribution in [0.5, 0.6) is 0 Å². The van der Waals surface area contributed by atoms with Crippen molar-refractivity contribution in [2.45, 2.75) is 20.3 Å². The van der Waals surface area contributed by atoms with Crippen molar-refractivity contribution < 1.29 is 18.2 Å². The lowest BCUT2D eigenvalue weighted by atomic mass is 10.2. The van der Waals surface area contributed by atoms with Gasteiger partial charge in [0.1, 0.15) is 0 Å². The van der Waals surface area contributed by atoms with E-state index in [-0.39, 0.29) is 6.61 Å². The minimum Gasteiger partial charge on any atom is -0.299 e. The molecule has 0 aliphatic heterocycles. The standard InChI is InChI=1S/C5H12FO3P/c1-5(2)3-4-9-10(6,7)8/h5H,3-4H2,1-2H3,(H,7,8). The van der Waals surface area contributed by atoms with E-state index in [1.54, 1.807) is 0 Å². The summed E-state index contributed by atoms with van der Waals surface area (Å²) in [6.45, 7) is 3.84. The lowest BCUT2D eigenvalue weighted by Crippen LogP contribution is -1.95. The molecule has 1 N–H and O–H groups in total. The monoisotopic (exact) mass is 170 g/mol. The van der Waals surface area contributed by atoms with E-state index in [4.69, 9.17) is 4.89 Å². The smallest absolute Gasteiger partial charge is 0.299 e. The summed E-state index contributed by atoms with van der Waals surface area (Å²) >= 11 is 0. The Morgan fingerprint density at radius 3 is 2.50 bits per heavy atom. The molecule has 5 heteroatoms. The summed E-state index contributed by atoms with van der Waals surface area (Å²) in [5.41, 5.74) is 0. The van der Waals surface area contributed by atoms with Crippen molar-refractivity contribution >= 4 is 7.91 Å². The van der Waals surface area contributed by atoms with Crippen molar-refractivity contribution in [2.75, 3.05) is 6.61 Å². The maximum Gasteiger partial charge on any atom is 0.510 e. The summed E-state index contributed by atoms with van der Waals surface area (Å²) in [4.78, 5) is 8.00. The van der Waals surface area contributed by atoms with Gasteiger partial charge in [-0.05, 0) is 12.3 Å². The quantitative estimate of drug-likeness (QED) is 0.657. The van der Waals surface area contributed by atoms with Gasteiger partial charge in [0.2, 0.25) is 0 Å². The highest BCUT2D eigenvalue weighted by Gasteiger charge is 2.16. The molecule has 3 nitrogen and oxygen atoms in total. The highest BCUT2D eigenvalue weighted by atomic mass is 31.2. The number of hydrogen-bond donors (Lipinski definition) is 1. The molecule has 0 aromatic heterocycles. The first-order chi connectivity index (χ1) is 4.42. The number of halogens is 1. The summed E-state index contributed by atoms with van der Waals surface area (Å²) in [7, 11) is -4.72. The molecule has 0 radical (unpaired) electrons. The van der Waals surface area contributed by atoms with Crippen LogP contribution in [-0.4, -0.2) is 11.5 Å². The number of hydrogen-bond acceptors (Lipinski definition) is 2. The summed E-state index contributed by atoms with van der Waals surface area (Å²) in [6, 6.07) is 0. The molecule has 0 saturated carbocycles. The van der Waals surface area contributed by atoms with Crippen molar-refractivity contribution in [1.82, 2.24) is 0 Å². The van der Waals surface area contributed by atoms with Crippen LogP contribution < -0.4 is 0 Å². The molecule has 0 fully saturated rings. The Morgan fingerprint density at radius 2 is 2.20 bits per heavy atom. The average Bonchev–Trinajstić information content (AvgIpc) is 1.59. The van der Waals surface area contributed by atoms with Gasteiger partial charge in [0.15, 0.2) is 0 Å². The van der Waals surface area contributed by atoms with Crippen molar-refractivity contribution in [3.63, 3.8) is 0 Å². The van der Waals surface area contributed by atoms with Crippen LogP contribution in [-0.2, 0) is 9.09 Å². The zero-order valence-electron chi connectivity index (χ0n) is 6.08. The third-order valence-electron chi connectivity index (χ3n) is 0.946. The molecule has 0 aliphatic carbocycles. The predicted molar refractivity (Wildman–Crippen MR) is 36.3 cm³/mol. The van der Waals surface area contributed by atoms with Crippen LogP contribution in [0.1, 0.15) is 20.3 Å². The molecule has 62 valence electrons. The van der Waals surface area contributed by atoms with Gasteiger partial charge < -0.3 is 0 Å². The van der Waals surface area contributed by atoms with E-state index < -0.39 is 7.91 Å². The molecule has 1 atom stereocenters. The third kappa shape index (κ3) is 8.08. The highest BCUT2D eigenvalue weighted by Crippen LogP contribution is 2.43. The van der Waals surface area contributed by atoms with E-state index >= 15 is 0 Å². The predicted octanol–water partition coefficient (Wildman–Crippen LogP) is 2.12.